The van der Waals surface area contributed by atoms with Gasteiger partial charge in [0.1, 0.15) is 17.1 Å². The number of benzene rings is 1. The van der Waals surface area contributed by atoms with E-state index in [1.807, 2.05) is 0 Å². The van der Waals surface area contributed by atoms with E-state index in [1.54, 1.807) is 4.90 Å². The molecule has 0 radical (unpaired) electrons. The lowest BCUT2D eigenvalue weighted by atomic mass is 9.93. The van der Waals surface area contributed by atoms with E-state index >= 15 is 0 Å². The number of carbonyl (C=O) groups excluding carboxylic acids is 1. The number of likely N-dealkylation sites (tertiary alicyclic amines) is 1. The first-order valence-corrected chi connectivity index (χ1v) is 7.08. The summed E-state index contributed by atoms with van der Waals surface area (Å²) in [4.78, 5) is 14.1. The largest absolute Gasteiger partial charge is 0.507 e. The van der Waals surface area contributed by atoms with Crippen molar-refractivity contribution >= 4 is 5.91 Å². The van der Waals surface area contributed by atoms with Crippen LogP contribution in [0.2, 0.25) is 0 Å². The molecule has 1 heterocycles. The average Bonchev–Trinajstić information content (AvgIpc) is 2.41. The number of nitrogens with zero attached hydrogens (tertiary/aromatic N) is 1. The molecule has 0 aromatic heterocycles. The van der Waals surface area contributed by atoms with Crippen LogP contribution in [0, 0.1) is 5.92 Å². The standard InChI is InChI=1S/C15H22N2O3/c1-3-16-11-7-8-17(9-10(11)2)15(20)14-12(18)5-4-6-13(14)19/h4-6,10-11,16,18-19H,3,7-9H2,1-2H3. The van der Waals surface area contributed by atoms with E-state index in [1.165, 1.54) is 18.2 Å². The molecule has 20 heavy (non-hydrogen) atoms. The maximum atomic E-state index is 12.4. The van der Waals surface area contributed by atoms with Gasteiger partial charge in [-0.3, -0.25) is 4.79 Å². The van der Waals surface area contributed by atoms with Crippen LogP contribution in [0.3, 0.4) is 0 Å². The highest BCUT2D eigenvalue weighted by Crippen LogP contribution is 2.29. The number of aromatic hydroxyl groups is 2. The zero-order chi connectivity index (χ0) is 14.7. The molecule has 1 aromatic carbocycles. The van der Waals surface area contributed by atoms with Crippen molar-refractivity contribution in [2.75, 3.05) is 19.6 Å². The molecule has 1 aromatic rings. The monoisotopic (exact) mass is 278 g/mol. The zero-order valence-corrected chi connectivity index (χ0v) is 12.0. The van der Waals surface area contributed by atoms with E-state index in [0.29, 0.717) is 25.0 Å². The van der Waals surface area contributed by atoms with Gasteiger partial charge >= 0.3 is 0 Å². The van der Waals surface area contributed by atoms with E-state index in [-0.39, 0.29) is 23.0 Å². The number of piperidine rings is 1. The highest BCUT2D eigenvalue weighted by molar-refractivity contribution is 5.99. The lowest BCUT2D eigenvalue weighted by Crippen LogP contribution is -2.50. The fraction of sp³-hybridized carbons (Fsp3) is 0.533. The van der Waals surface area contributed by atoms with E-state index in [4.69, 9.17) is 0 Å². The van der Waals surface area contributed by atoms with E-state index < -0.39 is 0 Å². The summed E-state index contributed by atoms with van der Waals surface area (Å²) in [5, 5.41) is 23.0. The fourth-order valence-electron chi connectivity index (χ4n) is 2.80. The number of rotatable bonds is 3. The zero-order valence-electron chi connectivity index (χ0n) is 12.0. The molecule has 2 atom stereocenters. The first-order valence-electron chi connectivity index (χ1n) is 7.08. The van der Waals surface area contributed by atoms with Crippen molar-refractivity contribution in [1.82, 2.24) is 10.2 Å². The molecule has 1 amide bonds. The number of hydrogen-bond donors (Lipinski definition) is 3. The second-order valence-electron chi connectivity index (χ2n) is 5.35. The maximum Gasteiger partial charge on any atom is 0.261 e. The molecule has 0 saturated carbocycles. The normalized spacial score (nSPS) is 22.8. The Labute approximate surface area is 119 Å². The van der Waals surface area contributed by atoms with E-state index in [0.717, 1.165) is 13.0 Å². The summed E-state index contributed by atoms with van der Waals surface area (Å²) in [6.07, 6.45) is 0.884. The summed E-state index contributed by atoms with van der Waals surface area (Å²) in [6, 6.07) is 4.77. The molecule has 1 saturated heterocycles. The maximum absolute atomic E-state index is 12.4. The van der Waals surface area contributed by atoms with Crippen molar-refractivity contribution in [3.63, 3.8) is 0 Å². The van der Waals surface area contributed by atoms with Crippen LogP contribution in [-0.4, -0.2) is 46.7 Å². The summed E-state index contributed by atoms with van der Waals surface area (Å²) in [6.45, 7) is 6.36. The second kappa shape index (κ2) is 6.13. The summed E-state index contributed by atoms with van der Waals surface area (Å²) >= 11 is 0. The third-order valence-corrected chi connectivity index (χ3v) is 3.89. The molecule has 3 N–H and O–H groups in total. The number of nitrogens with one attached hydrogen (secondary N) is 1. The lowest BCUT2D eigenvalue weighted by Gasteiger charge is -2.37. The molecule has 1 aliphatic rings. The van der Waals surface area contributed by atoms with Crippen molar-refractivity contribution in [2.45, 2.75) is 26.3 Å². The van der Waals surface area contributed by atoms with Crippen LogP contribution >= 0.6 is 0 Å². The van der Waals surface area contributed by atoms with Crippen molar-refractivity contribution in [3.05, 3.63) is 23.8 Å². The molecule has 0 aliphatic carbocycles. The summed E-state index contributed by atoms with van der Waals surface area (Å²) < 4.78 is 0. The number of carbonyl (C=O) groups is 1. The van der Waals surface area contributed by atoms with Crippen molar-refractivity contribution in [2.24, 2.45) is 5.92 Å². The van der Waals surface area contributed by atoms with Crippen molar-refractivity contribution in [3.8, 4) is 11.5 Å². The minimum atomic E-state index is -0.303. The van der Waals surface area contributed by atoms with Gasteiger partial charge in [-0.05, 0) is 31.0 Å². The Morgan fingerprint density at radius 1 is 1.40 bits per heavy atom. The van der Waals surface area contributed by atoms with Crippen LogP contribution in [0.4, 0.5) is 0 Å². The fourth-order valence-corrected chi connectivity index (χ4v) is 2.80. The second-order valence-corrected chi connectivity index (χ2v) is 5.35. The minimum absolute atomic E-state index is 0.00148. The molecule has 0 bridgehead atoms. The van der Waals surface area contributed by atoms with Gasteiger partial charge in [-0.2, -0.15) is 0 Å². The Morgan fingerprint density at radius 2 is 2.05 bits per heavy atom. The highest BCUT2D eigenvalue weighted by Gasteiger charge is 2.30. The third kappa shape index (κ3) is 2.88. The lowest BCUT2D eigenvalue weighted by molar-refractivity contribution is 0.0640. The molecule has 110 valence electrons. The van der Waals surface area contributed by atoms with Gasteiger partial charge in [0.25, 0.3) is 5.91 Å². The number of hydrogen-bond acceptors (Lipinski definition) is 4. The minimum Gasteiger partial charge on any atom is -0.507 e. The Morgan fingerprint density at radius 3 is 2.60 bits per heavy atom. The van der Waals surface area contributed by atoms with Gasteiger partial charge in [0.2, 0.25) is 0 Å². The third-order valence-electron chi connectivity index (χ3n) is 3.89. The number of phenolic OH excluding ortho intramolecular Hbond substituents is 2. The first kappa shape index (κ1) is 14.7. The summed E-state index contributed by atoms with van der Waals surface area (Å²) in [5.74, 6) is -0.295. The Kier molecular flexibility index (Phi) is 4.49. The molecule has 2 rings (SSSR count). The van der Waals surface area contributed by atoms with Gasteiger partial charge in [-0.25, -0.2) is 0 Å². The number of phenols is 2. The average molecular weight is 278 g/mol. The van der Waals surface area contributed by atoms with Crippen LogP contribution in [0.15, 0.2) is 18.2 Å². The molecular formula is C15H22N2O3. The first-order chi connectivity index (χ1) is 9.54. The SMILES string of the molecule is CCNC1CCN(C(=O)c2c(O)cccc2O)CC1C. The predicted octanol–water partition coefficient (Wildman–Crippen LogP) is 1.56. The van der Waals surface area contributed by atoms with Gasteiger partial charge in [0.15, 0.2) is 0 Å². The summed E-state index contributed by atoms with van der Waals surface area (Å²) in [7, 11) is 0. The van der Waals surface area contributed by atoms with Crippen LogP contribution in [0.5, 0.6) is 11.5 Å². The van der Waals surface area contributed by atoms with Gasteiger partial charge in [-0.1, -0.05) is 19.9 Å². The summed E-state index contributed by atoms with van der Waals surface area (Å²) in [5.41, 5.74) is 0.00148. The van der Waals surface area contributed by atoms with Gasteiger partial charge in [-0.15, -0.1) is 0 Å². The van der Waals surface area contributed by atoms with Crippen LogP contribution in [0.25, 0.3) is 0 Å². The van der Waals surface area contributed by atoms with Crippen LogP contribution in [-0.2, 0) is 0 Å². The quantitative estimate of drug-likeness (QED) is 0.784. The predicted molar refractivity (Wildman–Crippen MR) is 76.9 cm³/mol. The van der Waals surface area contributed by atoms with Gasteiger partial charge < -0.3 is 20.4 Å². The Balaban J connectivity index is 2.12. The van der Waals surface area contributed by atoms with Crippen molar-refractivity contribution in [1.29, 1.82) is 0 Å². The molecular weight excluding hydrogens is 256 g/mol. The molecule has 2 unspecified atom stereocenters. The smallest absolute Gasteiger partial charge is 0.261 e. The Bertz CT molecular complexity index is 470. The van der Waals surface area contributed by atoms with Crippen molar-refractivity contribution < 1.29 is 15.0 Å². The number of amides is 1. The topological polar surface area (TPSA) is 72.8 Å². The van der Waals surface area contributed by atoms with E-state index in [9.17, 15) is 15.0 Å². The molecule has 1 fully saturated rings. The van der Waals surface area contributed by atoms with E-state index in [2.05, 4.69) is 19.2 Å². The molecule has 0 spiro atoms. The molecule has 1 aliphatic heterocycles. The van der Waals surface area contributed by atoms with Gasteiger partial charge in [0, 0.05) is 19.1 Å². The van der Waals surface area contributed by atoms with Crippen LogP contribution < -0.4 is 5.32 Å². The molecule has 5 nitrogen and oxygen atoms in total. The highest BCUT2D eigenvalue weighted by atomic mass is 16.3. The van der Waals surface area contributed by atoms with Gasteiger partial charge in [0.05, 0.1) is 0 Å². The van der Waals surface area contributed by atoms with Crippen LogP contribution in [0.1, 0.15) is 30.6 Å². The molecule has 5 heteroatoms. The Hall–Kier alpha value is -1.75.